The van der Waals surface area contributed by atoms with Crippen LogP contribution in [0.15, 0.2) is 16.7 Å². The zero-order valence-electron chi connectivity index (χ0n) is 15.1. The maximum absolute atomic E-state index is 12.7. The van der Waals surface area contributed by atoms with E-state index in [1.54, 1.807) is 20.8 Å². The minimum absolute atomic E-state index is 0.0215. The number of sulfonamides is 1. The number of hydrogen-bond acceptors (Lipinski definition) is 6. The van der Waals surface area contributed by atoms with E-state index in [0.717, 1.165) is 6.26 Å². The van der Waals surface area contributed by atoms with E-state index in [0.29, 0.717) is 4.47 Å². The Labute approximate surface area is 161 Å². The number of amides is 1. The van der Waals surface area contributed by atoms with Crippen LogP contribution in [0.1, 0.15) is 20.8 Å². The lowest BCUT2D eigenvalue weighted by atomic mass is 10.2. The van der Waals surface area contributed by atoms with Crippen molar-refractivity contribution in [2.24, 2.45) is 0 Å². The highest BCUT2D eigenvalue weighted by atomic mass is 79.9. The fraction of sp³-hybridized carbons (Fsp3) is 0.600. The van der Waals surface area contributed by atoms with Gasteiger partial charge in [0.05, 0.1) is 19.3 Å². The Morgan fingerprint density at radius 3 is 2.58 bits per heavy atom. The number of rotatable bonds is 8. The highest BCUT2D eigenvalue weighted by Crippen LogP contribution is 2.26. The third-order valence-electron chi connectivity index (χ3n) is 2.72. The standard InChI is InChI=1S/C15H23BrFN3O5S/c1-15(2,3)25-14(21)20(6-5-17)7-8-24-13-12(19-26(4,22)23)9-11(16)10-18-13/h9-10,19H,5-8H2,1-4H3. The van der Waals surface area contributed by atoms with Crippen molar-refractivity contribution in [2.45, 2.75) is 26.4 Å². The zero-order chi connectivity index (χ0) is 20.0. The lowest BCUT2D eigenvalue weighted by molar-refractivity contribution is 0.0214. The molecule has 0 bridgehead atoms. The zero-order valence-corrected chi connectivity index (χ0v) is 17.5. The summed E-state index contributed by atoms with van der Waals surface area (Å²) in [7, 11) is -3.53. The predicted octanol–water partition coefficient (Wildman–Crippen LogP) is 2.80. The van der Waals surface area contributed by atoms with E-state index in [4.69, 9.17) is 9.47 Å². The largest absolute Gasteiger partial charge is 0.474 e. The number of anilines is 1. The van der Waals surface area contributed by atoms with Crippen molar-refractivity contribution in [1.29, 1.82) is 0 Å². The number of nitrogens with zero attached hydrogens (tertiary/aromatic N) is 2. The molecule has 0 atom stereocenters. The van der Waals surface area contributed by atoms with E-state index in [1.165, 1.54) is 17.2 Å². The van der Waals surface area contributed by atoms with Crippen LogP contribution in [-0.4, -0.2) is 62.6 Å². The van der Waals surface area contributed by atoms with Gasteiger partial charge in [0.25, 0.3) is 0 Å². The number of carbonyl (C=O) groups excluding carboxylic acids is 1. The van der Waals surface area contributed by atoms with E-state index in [-0.39, 0.29) is 31.3 Å². The molecule has 1 aromatic heterocycles. The molecule has 0 aliphatic heterocycles. The number of carbonyl (C=O) groups is 1. The Hall–Kier alpha value is -1.62. The van der Waals surface area contributed by atoms with Crippen LogP contribution < -0.4 is 9.46 Å². The van der Waals surface area contributed by atoms with Gasteiger partial charge in [0, 0.05) is 10.7 Å². The topological polar surface area (TPSA) is 97.8 Å². The number of ether oxygens (including phenoxy) is 2. The smallest absolute Gasteiger partial charge is 0.410 e. The molecule has 1 rings (SSSR count). The van der Waals surface area contributed by atoms with E-state index in [1.807, 2.05) is 0 Å². The Bertz CT molecular complexity index is 724. The van der Waals surface area contributed by atoms with Crippen molar-refractivity contribution in [3.05, 3.63) is 16.7 Å². The van der Waals surface area contributed by atoms with Gasteiger partial charge in [-0.25, -0.2) is 22.6 Å². The van der Waals surface area contributed by atoms with Crippen LogP contribution in [0.3, 0.4) is 0 Å². The number of alkyl halides is 1. The van der Waals surface area contributed by atoms with Gasteiger partial charge in [-0.05, 0) is 42.8 Å². The van der Waals surface area contributed by atoms with Gasteiger partial charge in [-0.15, -0.1) is 0 Å². The predicted molar refractivity (Wildman–Crippen MR) is 99.7 cm³/mol. The highest BCUT2D eigenvalue weighted by molar-refractivity contribution is 9.10. The van der Waals surface area contributed by atoms with E-state index < -0.39 is 28.4 Å². The number of hydrogen-bond donors (Lipinski definition) is 1. The average molecular weight is 456 g/mol. The summed E-state index contributed by atoms with van der Waals surface area (Å²) < 4.78 is 49.1. The van der Waals surface area contributed by atoms with Crippen LogP contribution >= 0.6 is 15.9 Å². The Morgan fingerprint density at radius 2 is 2.04 bits per heavy atom. The van der Waals surface area contributed by atoms with Gasteiger partial charge in [0.1, 0.15) is 24.6 Å². The Balaban J connectivity index is 2.76. The van der Waals surface area contributed by atoms with E-state index >= 15 is 0 Å². The molecule has 11 heteroatoms. The van der Waals surface area contributed by atoms with E-state index in [2.05, 4.69) is 25.6 Å². The second-order valence-electron chi connectivity index (χ2n) is 6.39. The number of nitrogens with one attached hydrogen (secondary N) is 1. The van der Waals surface area contributed by atoms with Crippen LogP contribution in [0.2, 0.25) is 0 Å². The normalized spacial score (nSPS) is 11.8. The Kier molecular flexibility index (Phi) is 8.07. The first kappa shape index (κ1) is 22.4. The molecule has 0 fully saturated rings. The molecular formula is C15H23BrFN3O5S. The lowest BCUT2D eigenvalue weighted by Gasteiger charge is -2.26. The molecule has 1 aromatic rings. The molecule has 148 valence electrons. The molecule has 0 aliphatic rings. The van der Waals surface area contributed by atoms with Crippen molar-refractivity contribution in [3.8, 4) is 5.88 Å². The Morgan fingerprint density at radius 1 is 1.38 bits per heavy atom. The summed E-state index contributed by atoms with van der Waals surface area (Å²) in [6.07, 6.45) is 1.79. The van der Waals surface area contributed by atoms with Crippen LogP contribution in [0.5, 0.6) is 5.88 Å². The number of aromatic nitrogens is 1. The second-order valence-corrected chi connectivity index (χ2v) is 9.05. The van der Waals surface area contributed by atoms with Crippen molar-refractivity contribution >= 4 is 37.7 Å². The summed E-state index contributed by atoms with van der Waals surface area (Å²) in [4.78, 5) is 17.2. The molecule has 1 heterocycles. The molecule has 0 aromatic carbocycles. The molecular weight excluding hydrogens is 433 g/mol. The van der Waals surface area contributed by atoms with Gasteiger partial charge < -0.3 is 14.4 Å². The molecule has 1 N–H and O–H groups in total. The van der Waals surface area contributed by atoms with Crippen molar-refractivity contribution in [1.82, 2.24) is 9.88 Å². The first-order valence-corrected chi connectivity index (χ1v) is 10.4. The van der Waals surface area contributed by atoms with Gasteiger partial charge in [0.15, 0.2) is 0 Å². The number of halogens is 2. The molecule has 0 radical (unpaired) electrons. The third kappa shape index (κ3) is 8.65. The van der Waals surface area contributed by atoms with E-state index in [9.17, 15) is 17.6 Å². The van der Waals surface area contributed by atoms with Gasteiger partial charge in [0.2, 0.25) is 15.9 Å². The summed E-state index contributed by atoms with van der Waals surface area (Å²) in [6, 6.07) is 1.50. The fourth-order valence-corrected chi connectivity index (χ4v) is 2.67. The van der Waals surface area contributed by atoms with Crippen LogP contribution in [0.25, 0.3) is 0 Å². The molecule has 0 saturated heterocycles. The summed E-state index contributed by atoms with van der Waals surface area (Å²) in [5.41, 5.74) is -0.553. The van der Waals surface area contributed by atoms with Gasteiger partial charge in [-0.2, -0.15) is 0 Å². The summed E-state index contributed by atoms with van der Waals surface area (Å²) in [5.74, 6) is 0.0445. The molecule has 0 spiro atoms. The quantitative estimate of drug-likeness (QED) is 0.646. The highest BCUT2D eigenvalue weighted by Gasteiger charge is 2.22. The summed E-state index contributed by atoms with van der Waals surface area (Å²) in [6.45, 7) is 4.30. The summed E-state index contributed by atoms with van der Waals surface area (Å²) >= 11 is 3.20. The van der Waals surface area contributed by atoms with Crippen molar-refractivity contribution in [2.75, 3.05) is 37.3 Å². The molecule has 26 heavy (non-hydrogen) atoms. The van der Waals surface area contributed by atoms with Crippen LogP contribution in [0, 0.1) is 0 Å². The third-order valence-corrected chi connectivity index (χ3v) is 3.74. The first-order chi connectivity index (χ1) is 11.9. The van der Waals surface area contributed by atoms with Crippen molar-refractivity contribution in [3.63, 3.8) is 0 Å². The minimum Gasteiger partial charge on any atom is -0.474 e. The van der Waals surface area contributed by atoms with Gasteiger partial charge in [-0.1, -0.05) is 0 Å². The molecule has 8 nitrogen and oxygen atoms in total. The second kappa shape index (κ2) is 9.36. The van der Waals surface area contributed by atoms with Crippen LogP contribution in [-0.2, 0) is 14.8 Å². The fourth-order valence-electron chi connectivity index (χ4n) is 1.79. The maximum atomic E-state index is 12.7. The maximum Gasteiger partial charge on any atom is 0.410 e. The summed E-state index contributed by atoms with van der Waals surface area (Å²) in [5, 5.41) is 0. The monoisotopic (exact) mass is 455 g/mol. The van der Waals surface area contributed by atoms with Crippen LogP contribution in [0.4, 0.5) is 14.9 Å². The van der Waals surface area contributed by atoms with Crippen molar-refractivity contribution < 1.29 is 27.1 Å². The first-order valence-electron chi connectivity index (χ1n) is 7.71. The molecule has 0 unspecified atom stereocenters. The lowest BCUT2D eigenvalue weighted by Crippen LogP contribution is -2.40. The average Bonchev–Trinajstić information content (AvgIpc) is 2.45. The number of pyridine rings is 1. The SMILES string of the molecule is CC(C)(C)OC(=O)N(CCF)CCOc1ncc(Br)cc1NS(C)(=O)=O. The van der Waals surface area contributed by atoms with Gasteiger partial charge in [-0.3, -0.25) is 4.72 Å². The van der Waals surface area contributed by atoms with Gasteiger partial charge >= 0.3 is 6.09 Å². The molecule has 0 saturated carbocycles. The molecule has 1 amide bonds. The molecule has 0 aliphatic carbocycles. The minimum atomic E-state index is -3.53.